The Balaban J connectivity index is 2.20. The zero-order valence-corrected chi connectivity index (χ0v) is 12.9. The van der Waals surface area contributed by atoms with Gasteiger partial charge in [-0.15, -0.1) is 0 Å². The maximum absolute atomic E-state index is 10.5. The Morgan fingerprint density at radius 1 is 1.48 bits per heavy atom. The van der Waals surface area contributed by atoms with Crippen molar-refractivity contribution in [2.75, 3.05) is 6.54 Å². The van der Waals surface area contributed by atoms with Crippen LogP contribution in [-0.2, 0) is 6.54 Å². The summed E-state index contributed by atoms with van der Waals surface area (Å²) >= 11 is 0. The molecule has 0 spiro atoms. The van der Waals surface area contributed by atoms with Gasteiger partial charge in [0, 0.05) is 12.6 Å². The molecule has 0 saturated heterocycles. The average molecular weight is 298 g/mol. The highest BCUT2D eigenvalue weighted by molar-refractivity contribution is 5.20. The summed E-state index contributed by atoms with van der Waals surface area (Å²) in [4.78, 5) is 10.0. The molecule has 120 valence electrons. The van der Waals surface area contributed by atoms with Crippen LogP contribution in [0.1, 0.15) is 46.0 Å². The summed E-state index contributed by atoms with van der Waals surface area (Å²) < 4.78 is 1.40. The van der Waals surface area contributed by atoms with Crippen LogP contribution in [0.25, 0.3) is 0 Å². The van der Waals surface area contributed by atoms with Gasteiger partial charge in [-0.05, 0) is 13.3 Å². The number of nitrogens with zero attached hydrogens (tertiary/aromatic N) is 3. The largest absolute Gasteiger partial charge is 0.390 e. The second kappa shape index (κ2) is 9.46. The average Bonchev–Trinajstić information content (AvgIpc) is 2.90. The molecule has 0 amide bonds. The predicted octanol–water partition coefficient (Wildman–Crippen LogP) is 2.10. The van der Waals surface area contributed by atoms with Crippen molar-refractivity contribution in [3.05, 3.63) is 22.5 Å². The van der Waals surface area contributed by atoms with Crippen molar-refractivity contribution in [2.45, 2.75) is 64.6 Å². The van der Waals surface area contributed by atoms with Crippen molar-refractivity contribution in [3.63, 3.8) is 0 Å². The van der Waals surface area contributed by atoms with Gasteiger partial charge in [-0.2, -0.15) is 5.10 Å². The summed E-state index contributed by atoms with van der Waals surface area (Å²) in [6.07, 6.45) is 7.96. The van der Waals surface area contributed by atoms with E-state index < -0.39 is 11.0 Å². The van der Waals surface area contributed by atoms with Gasteiger partial charge in [0.25, 0.3) is 0 Å². The van der Waals surface area contributed by atoms with E-state index in [9.17, 15) is 15.2 Å². The van der Waals surface area contributed by atoms with Gasteiger partial charge in [-0.1, -0.05) is 32.6 Å². The van der Waals surface area contributed by atoms with E-state index in [0.29, 0.717) is 12.6 Å². The SMILES string of the molecule is CCCCCCC(C)NCC(O)Cn1cc([N+](=O)[O-])cn1. The Morgan fingerprint density at radius 2 is 2.24 bits per heavy atom. The van der Waals surface area contributed by atoms with E-state index in [-0.39, 0.29) is 12.2 Å². The van der Waals surface area contributed by atoms with Gasteiger partial charge >= 0.3 is 5.69 Å². The van der Waals surface area contributed by atoms with E-state index in [1.54, 1.807) is 0 Å². The van der Waals surface area contributed by atoms with Gasteiger partial charge in [0.1, 0.15) is 12.4 Å². The van der Waals surface area contributed by atoms with Gasteiger partial charge in [0.15, 0.2) is 0 Å². The van der Waals surface area contributed by atoms with E-state index in [4.69, 9.17) is 0 Å². The molecule has 7 nitrogen and oxygen atoms in total. The third-order valence-electron chi connectivity index (χ3n) is 3.42. The molecule has 0 bridgehead atoms. The van der Waals surface area contributed by atoms with E-state index in [0.717, 1.165) is 6.42 Å². The standard InChI is InChI=1S/C14H26N4O3/c1-3-4-5-6-7-12(2)15-9-14(19)11-17-10-13(8-16-17)18(20)21/h8,10,12,14-15,19H,3-7,9,11H2,1-2H3. The zero-order valence-electron chi connectivity index (χ0n) is 12.9. The van der Waals surface area contributed by atoms with Crippen LogP contribution < -0.4 is 5.32 Å². The third kappa shape index (κ3) is 7.19. The molecule has 7 heteroatoms. The maximum atomic E-state index is 10.5. The molecule has 0 aliphatic rings. The molecule has 0 radical (unpaired) electrons. The third-order valence-corrected chi connectivity index (χ3v) is 3.42. The van der Waals surface area contributed by atoms with Crippen LogP contribution in [0.15, 0.2) is 12.4 Å². The smallest absolute Gasteiger partial charge is 0.306 e. The molecule has 0 aliphatic heterocycles. The van der Waals surface area contributed by atoms with Crippen LogP contribution in [0.2, 0.25) is 0 Å². The van der Waals surface area contributed by atoms with Crippen LogP contribution in [-0.4, -0.2) is 38.5 Å². The summed E-state index contributed by atoms with van der Waals surface area (Å²) in [5.74, 6) is 0. The first-order chi connectivity index (χ1) is 10.0. The molecule has 1 heterocycles. The quantitative estimate of drug-likeness (QED) is 0.371. The van der Waals surface area contributed by atoms with Crippen molar-refractivity contribution < 1.29 is 10.0 Å². The first kappa shape index (κ1) is 17.6. The van der Waals surface area contributed by atoms with Crippen molar-refractivity contribution in [1.82, 2.24) is 15.1 Å². The monoisotopic (exact) mass is 298 g/mol. The molecule has 2 unspecified atom stereocenters. The number of rotatable bonds is 11. The zero-order chi connectivity index (χ0) is 15.7. The highest BCUT2D eigenvalue weighted by Gasteiger charge is 2.12. The highest BCUT2D eigenvalue weighted by atomic mass is 16.6. The lowest BCUT2D eigenvalue weighted by atomic mass is 10.1. The topological polar surface area (TPSA) is 93.2 Å². The molecule has 0 aromatic carbocycles. The van der Waals surface area contributed by atoms with Crippen molar-refractivity contribution in [3.8, 4) is 0 Å². The first-order valence-corrected chi connectivity index (χ1v) is 7.61. The molecule has 0 aliphatic carbocycles. The second-order valence-corrected chi connectivity index (χ2v) is 5.49. The lowest BCUT2D eigenvalue weighted by Crippen LogP contribution is -2.35. The molecule has 21 heavy (non-hydrogen) atoms. The fourth-order valence-electron chi connectivity index (χ4n) is 2.14. The number of hydrogen-bond acceptors (Lipinski definition) is 5. The van der Waals surface area contributed by atoms with Gasteiger partial charge in [-0.25, -0.2) is 0 Å². The Morgan fingerprint density at radius 3 is 2.86 bits per heavy atom. The number of unbranched alkanes of at least 4 members (excludes halogenated alkanes) is 3. The minimum atomic E-state index is -0.609. The van der Waals surface area contributed by atoms with E-state index in [1.165, 1.54) is 42.8 Å². The maximum Gasteiger partial charge on any atom is 0.306 e. The van der Waals surface area contributed by atoms with E-state index >= 15 is 0 Å². The number of nitrogens with one attached hydrogen (secondary N) is 1. The van der Waals surface area contributed by atoms with Crippen LogP contribution in [0.5, 0.6) is 0 Å². The fraction of sp³-hybridized carbons (Fsp3) is 0.786. The number of aromatic nitrogens is 2. The van der Waals surface area contributed by atoms with E-state index in [1.807, 2.05) is 0 Å². The minimum absolute atomic E-state index is 0.0561. The lowest BCUT2D eigenvalue weighted by molar-refractivity contribution is -0.385. The molecule has 0 fully saturated rings. The van der Waals surface area contributed by atoms with Gasteiger partial charge in [-0.3, -0.25) is 14.8 Å². The fourth-order valence-corrected chi connectivity index (χ4v) is 2.14. The molecule has 0 saturated carbocycles. The molecular weight excluding hydrogens is 272 g/mol. The van der Waals surface area contributed by atoms with Crippen molar-refractivity contribution in [2.24, 2.45) is 0 Å². The van der Waals surface area contributed by atoms with Gasteiger partial charge in [0.2, 0.25) is 0 Å². The lowest BCUT2D eigenvalue weighted by Gasteiger charge is -2.17. The molecule has 1 aromatic heterocycles. The molecule has 2 atom stereocenters. The number of hydrogen-bond donors (Lipinski definition) is 2. The van der Waals surface area contributed by atoms with Gasteiger partial charge < -0.3 is 10.4 Å². The Labute approximate surface area is 125 Å². The van der Waals surface area contributed by atoms with Crippen molar-refractivity contribution >= 4 is 5.69 Å². The number of aliphatic hydroxyl groups is 1. The molecule has 1 rings (SSSR count). The Hall–Kier alpha value is -1.47. The summed E-state index contributed by atoms with van der Waals surface area (Å²) in [6.45, 7) is 5.01. The normalized spacial score (nSPS) is 14.0. The van der Waals surface area contributed by atoms with Crippen LogP contribution in [0, 0.1) is 10.1 Å². The predicted molar refractivity (Wildman–Crippen MR) is 81.1 cm³/mol. The van der Waals surface area contributed by atoms with E-state index in [2.05, 4.69) is 24.3 Å². The molecule has 2 N–H and O–H groups in total. The molecular formula is C14H26N4O3. The van der Waals surface area contributed by atoms with Crippen LogP contribution in [0.4, 0.5) is 5.69 Å². The summed E-state index contributed by atoms with van der Waals surface area (Å²) in [6, 6.07) is 0.364. The summed E-state index contributed by atoms with van der Waals surface area (Å²) in [7, 11) is 0. The summed E-state index contributed by atoms with van der Waals surface area (Å²) in [5, 5.41) is 27.6. The molecule has 1 aromatic rings. The van der Waals surface area contributed by atoms with Crippen LogP contribution in [0.3, 0.4) is 0 Å². The van der Waals surface area contributed by atoms with Gasteiger partial charge in [0.05, 0.1) is 17.6 Å². The van der Waals surface area contributed by atoms with Crippen LogP contribution >= 0.6 is 0 Å². The summed E-state index contributed by atoms with van der Waals surface area (Å²) in [5.41, 5.74) is -0.0561. The minimum Gasteiger partial charge on any atom is -0.390 e. The van der Waals surface area contributed by atoms with Crippen molar-refractivity contribution in [1.29, 1.82) is 0 Å². The number of aliphatic hydroxyl groups excluding tert-OH is 1. The highest BCUT2D eigenvalue weighted by Crippen LogP contribution is 2.08. The second-order valence-electron chi connectivity index (χ2n) is 5.49. The first-order valence-electron chi connectivity index (χ1n) is 7.61. The Kier molecular flexibility index (Phi) is 7.92. The Bertz CT molecular complexity index is 422. The number of nitro groups is 1.